The molecule has 0 aromatic heterocycles. The highest BCUT2D eigenvalue weighted by molar-refractivity contribution is 5.83. The van der Waals surface area contributed by atoms with Crippen molar-refractivity contribution in [2.45, 2.75) is 12.0 Å². The van der Waals surface area contributed by atoms with E-state index in [0.717, 1.165) is 6.54 Å². The van der Waals surface area contributed by atoms with Gasteiger partial charge in [0.15, 0.2) is 0 Å². The smallest absolute Gasteiger partial charge is 0.0901 e. The maximum absolute atomic E-state index is 5.88. The zero-order valence-corrected chi connectivity index (χ0v) is 13.7. The van der Waals surface area contributed by atoms with E-state index in [1.165, 1.54) is 21.9 Å². The molecular formula is C21H23NO. The maximum atomic E-state index is 5.88. The van der Waals surface area contributed by atoms with Gasteiger partial charge in [0.2, 0.25) is 0 Å². The molecule has 0 spiro atoms. The topological polar surface area (TPSA) is 21.3 Å². The van der Waals surface area contributed by atoms with Gasteiger partial charge < -0.3 is 10.1 Å². The van der Waals surface area contributed by atoms with E-state index < -0.39 is 0 Å². The fraction of sp³-hybridized carbons (Fsp3) is 0.238. The fourth-order valence-electron chi connectivity index (χ4n) is 3.23. The summed E-state index contributed by atoms with van der Waals surface area (Å²) >= 11 is 0. The second-order valence-corrected chi connectivity index (χ2v) is 5.84. The number of benzene rings is 3. The third-order valence-electron chi connectivity index (χ3n) is 4.37. The van der Waals surface area contributed by atoms with Crippen molar-refractivity contribution in [1.82, 2.24) is 5.32 Å². The van der Waals surface area contributed by atoms with Crippen molar-refractivity contribution in [2.24, 2.45) is 0 Å². The molecule has 0 bridgehead atoms. The predicted octanol–water partition coefficient (Wildman–Crippen LogP) is 4.53. The minimum absolute atomic E-state index is 0.0322. The molecule has 3 aromatic rings. The van der Waals surface area contributed by atoms with Crippen LogP contribution in [0.25, 0.3) is 10.8 Å². The average Bonchev–Trinajstić information content (AvgIpc) is 2.62. The molecular weight excluding hydrogens is 282 g/mol. The van der Waals surface area contributed by atoms with E-state index in [0.29, 0.717) is 0 Å². The maximum Gasteiger partial charge on any atom is 0.0901 e. The summed E-state index contributed by atoms with van der Waals surface area (Å²) in [5, 5.41) is 5.86. The first-order valence-electron chi connectivity index (χ1n) is 8.04. The van der Waals surface area contributed by atoms with E-state index in [1.54, 1.807) is 7.11 Å². The average molecular weight is 305 g/mol. The zero-order valence-electron chi connectivity index (χ0n) is 13.7. The highest BCUT2D eigenvalue weighted by atomic mass is 16.5. The molecule has 3 rings (SSSR count). The van der Waals surface area contributed by atoms with Gasteiger partial charge in [-0.1, -0.05) is 72.8 Å². The summed E-state index contributed by atoms with van der Waals surface area (Å²) in [4.78, 5) is 0. The van der Waals surface area contributed by atoms with Gasteiger partial charge in [-0.05, 0) is 28.9 Å². The van der Waals surface area contributed by atoms with Crippen molar-refractivity contribution in [2.75, 3.05) is 20.7 Å². The first-order valence-corrected chi connectivity index (χ1v) is 8.04. The summed E-state index contributed by atoms with van der Waals surface area (Å²) in [6.07, 6.45) is 0.0322. The van der Waals surface area contributed by atoms with Gasteiger partial charge in [0.1, 0.15) is 0 Å². The highest BCUT2D eigenvalue weighted by Gasteiger charge is 2.24. The summed E-state index contributed by atoms with van der Waals surface area (Å²) < 4.78 is 5.88. The van der Waals surface area contributed by atoms with Crippen LogP contribution >= 0.6 is 0 Å². The lowest BCUT2D eigenvalue weighted by molar-refractivity contribution is 0.0787. The summed E-state index contributed by atoms with van der Waals surface area (Å²) in [7, 11) is 3.78. The van der Waals surface area contributed by atoms with Crippen LogP contribution in [0.3, 0.4) is 0 Å². The second kappa shape index (κ2) is 7.40. The van der Waals surface area contributed by atoms with Gasteiger partial charge in [-0.3, -0.25) is 0 Å². The van der Waals surface area contributed by atoms with Crippen LogP contribution < -0.4 is 5.32 Å². The number of likely N-dealkylation sites (N-methyl/N-ethyl adjacent to an activating group) is 1. The summed E-state index contributed by atoms with van der Waals surface area (Å²) in [6, 6.07) is 25.6. The van der Waals surface area contributed by atoms with Gasteiger partial charge in [-0.25, -0.2) is 0 Å². The van der Waals surface area contributed by atoms with Crippen molar-refractivity contribution >= 4 is 10.8 Å². The Labute approximate surface area is 138 Å². The van der Waals surface area contributed by atoms with Crippen molar-refractivity contribution in [3.63, 3.8) is 0 Å². The Kier molecular flexibility index (Phi) is 5.06. The Bertz CT molecular complexity index is 754. The van der Waals surface area contributed by atoms with Crippen LogP contribution in [-0.2, 0) is 4.74 Å². The molecule has 0 heterocycles. The number of hydrogen-bond donors (Lipinski definition) is 1. The SMILES string of the molecule is CNC[C@H](c1ccc2ccccc2c1)[C@@H](OC)c1ccccc1. The molecule has 0 radical (unpaired) electrons. The van der Waals surface area contributed by atoms with Crippen LogP contribution in [-0.4, -0.2) is 20.7 Å². The zero-order chi connectivity index (χ0) is 16.1. The highest BCUT2D eigenvalue weighted by Crippen LogP contribution is 2.34. The molecule has 2 nitrogen and oxygen atoms in total. The molecule has 0 saturated heterocycles. The normalized spacial score (nSPS) is 13.8. The molecule has 0 saturated carbocycles. The quantitative estimate of drug-likeness (QED) is 0.722. The third-order valence-corrected chi connectivity index (χ3v) is 4.37. The summed E-state index contributed by atoms with van der Waals surface area (Å²) in [6.45, 7) is 0.867. The Balaban J connectivity index is 2.01. The van der Waals surface area contributed by atoms with Gasteiger partial charge in [0.05, 0.1) is 6.10 Å². The minimum Gasteiger partial charge on any atom is -0.376 e. The summed E-state index contributed by atoms with van der Waals surface area (Å²) in [5.74, 6) is 0.261. The van der Waals surface area contributed by atoms with Crippen LogP contribution in [0.2, 0.25) is 0 Å². The van der Waals surface area contributed by atoms with Crippen molar-refractivity contribution in [3.8, 4) is 0 Å². The molecule has 0 fully saturated rings. The second-order valence-electron chi connectivity index (χ2n) is 5.84. The van der Waals surface area contributed by atoms with Crippen LogP contribution in [0, 0.1) is 0 Å². The molecule has 0 aliphatic rings. The Hall–Kier alpha value is -2.16. The number of nitrogens with one attached hydrogen (secondary N) is 1. The van der Waals surface area contributed by atoms with Gasteiger partial charge in [-0.15, -0.1) is 0 Å². The third kappa shape index (κ3) is 3.44. The largest absolute Gasteiger partial charge is 0.376 e. The lowest BCUT2D eigenvalue weighted by atomic mass is 9.87. The lowest BCUT2D eigenvalue weighted by Gasteiger charge is -2.27. The van der Waals surface area contributed by atoms with E-state index in [-0.39, 0.29) is 12.0 Å². The number of rotatable bonds is 6. The first-order chi connectivity index (χ1) is 11.3. The van der Waals surface area contributed by atoms with Gasteiger partial charge in [0.25, 0.3) is 0 Å². The summed E-state index contributed by atoms with van der Waals surface area (Å²) in [5.41, 5.74) is 2.51. The molecule has 2 atom stereocenters. The molecule has 2 heteroatoms. The van der Waals surface area contributed by atoms with E-state index >= 15 is 0 Å². The van der Waals surface area contributed by atoms with E-state index in [1.807, 2.05) is 13.1 Å². The van der Waals surface area contributed by atoms with E-state index in [4.69, 9.17) is 4.74 Å². The molecule has 3 aromatic carbocycles. The van der Waals surface area contributed by atoms with Crippen molar-refractivity contribution < 1.29 is 4.74 Å². The predicted molar refractivity (Wildman–Crippen MR) is 96.8 cm³/mol. The molecule has 0 aliphatic carbocycles. The minimum atomic E-state index is 0.0322. The molecule has 118 valence electrons. The van der Waals surface area contributed by atoms with Crippen LogP contribution in [0.5, 0.6) is 0 Å². The molecule has 23 heavy (non-hydrogen) atoms. The van der Waals surface area contributed by atoms with E-state index in [2.05, 4.69) is 72.0 Å². The standard InChI is InChI=1S/C21H23NO/c1-22-15-20(21(23-2)17-9-4-3-5-10-17)19-13-12-16-8-6-7-11-18(16)14-19/h3-14,20-22H,15H2,1-2H3/t20-,21+/m1/s1. The number of ether oxygens (including phenoxy) is 1. The molecule has 1 N–H and O–H groups in total. The van der Waals surface area contributed by atoms with Gasteiger partial charge in [-0.2, -0.15) is 0 Å². The van der Waals surface area contributed by atoms with E-state index in [9.17, 15) is 0 Å². The number of fused-ring (bicyclic) bond motifs is 1. The molecule has 0 aliphatic heterocycles. The lowest BCUT2D eigenvalue weighted by Crippen LogP contribution is -2.24. The monoisotopic (exact) mass is 305 g/mol. The Morgan fingerprint density at radius 3 is 2.22 bits per heavy atom. The van der Waals surface area contributed by atoms with Crippen molar-refractivity contribution in [3.05, 3.63) is 83.9 Å². The van der Waals surface area contributed by atoms with Crippen LogP contribution in [0.15, 0.2) is 72.8 Å². The molecule has 0 amide bonds. The van der Waals surface area contributed by atoms with Crippen LogP contribution in [0.4, 0.5) is 0 Å². The van der Waals surface area contributed by atoms with Gasteiger partial charge in [0, 0.05) is 19.6 Å². The number of hydrogen-bond acceptors (Lipinski definition) is 2. The van der Waals surface area contributed by atoms with Gasteiger partial charge >= 0.3 is 0 Å². The van der Waals surface area contributed by atoms with Crippen molar-refractivity contribution in [1.29, 1.82) is 0 Å². The Morgan fingerprint density at radius 2 is 1.52 bits per heavy atom. The van der Waals surface area contributed by atoms with Crippen LogP contribution in [0.1, 0.15) is 23.1 Å². The molecule has 0 unspecified atom stereocenters. The Morgan fingerprint density at radius 1 is 0.826 bits per heavy atom. The fourth-order valence-corrected chi connectivity index (χ4v) is 3.23. The number of methoxy groups -OCH3 is 1. The first kappa shape index (κ1) is 15.7.